The molecule has 1 N–H and O–H groups in total. The molecule has 0 spiro atoms. The van der Waals surface area contributed by atoms with Crippen LogP contribution in [0.4, 0.5) is 4.39 Å². The molecule has 0 aromatic heterocycles. The van der Waals surface area contributed by atoms with Gasteiger partial charge in [0.05, 0.1) is 11.6 Å². The second-order valence-electron chi connectivity index (χ2n) is 3.50. The molecule has 0 amide bonds. The van der Waals surface area contributed by atoms with E-state index < -0.39 is 0 Å². The Morgan fingerprint density at radius 1 is 1.60 bits per heavy atom. The smallest absolute Gasteiger partial charge is 0.137 e. The summed E-state index contributed by atoms with van der Waals surface area (Å²) in [6, 6.07) is 1.38. The molecule has 0 radical (unpaired) electrons. The molecule has 0 saturated carbocycles. The van der Waals surface area contributed by atoms with Crippen molar-refractivity contribution < 1.29 is 14.2 Å². The molecule has 1 aromatic rings. The number of aliphatic hydroxyl groups is 1. The van der Waals surface area contributed by atoms with E-state index in [9.17, 15) is 4.39 Å². The van der Waals surface area contributed by atoms with Gasteiger partial charge in [-0.2, -0.15) is 0 Å². The summed E-state index contributed by atoms with van der Waals surface area (Å²) in [4.78, 5) is 0. The molecule has 2 nitrogen and oxygen atoms in total. The fraction of sp³-hybridized carbons (Fsp3) is 0.455. The fourth-order valence-corrected chi connectivity index (χ4v) is 2.18. The van der Waals surface area contributed by atoms with Gasteiger partial charge in [-0.05, 0) is 34.5 Å². The van der Waals surface area contributed by atoms with Gasteiger partial charge in [0, 0.05) is 18.1 Å². The molecular formula is C11H14BrFO2. The molecule has 4 heteroatoms. The number of hydrogen-bond donors (Lipinski definition) is 1. The van der Waals surface area contributed by atoms with Crippen molar-refractivity contribution in [1.82, 2.24) is 0 Å². The van der Waals surface area contributed by atoms with E-state index in [-0.39, 0.29) is 18.3 Å². The zero-order valence-corrected chi connectivity index (χ0v) is 10.6. The number of ether oxygens (including phenoxy) is 1. The Morgan fingerprint density at radius 2 is 2.20 bits per heavy atom. The molecule has 84 valence electrons. The number of rotatable bonds is 3. The van der Waals surface area contributed by atoms with Gasteiger partial charge in [0.15, 0.2) is 0 Å². The first-order valence-corrected chi connectivity index (χ1v) is 5.45. The zero-order valence-electron chi connectivity index (χ0n) is 8.97. The highest BCUT2D eigenvalue weighted by Crippen LogP contribution is 2.37. The second kappa shape index (κ2) is 4.94. The van der Waals surface area contributed by atoms with E-state index in [4.69, 9.17) is 9.84 Å². The predicted octanol–water partition coefficient (Wildman–Crippen LogP) is 3.00. The Morgan fingerprint density at radius 3 is 2.67 bits per heavy atom. The maximum atomic E-state index is 13.5. The van der Waals surface area contributed by atoms with E-state index >= 15 is 0 Å². The Kier molecular flexibility index (Phi) is 4.11. The minimum Gasteiger partial charge on any atom is -0.495 e. The van der Waals surface area contributed by atoms with Crippen LogP contribution in [0.5, 0.6) is 5.75 Å². The van der Waals surface area contributed by atoms with E-state index in [0.29, 0.717) is 21.3 Å². The van der Waals surface area contributed by atoms with Gasteiger partial charge in [0.25, 0.3) is 0 Å². The summed E-state index contributed by atoms with van der Waals surface area (Å²) in [5, 5.41) is 9.12. The predicted molar refractivity (Wildman–Crippen MR) is 60.9 cm³/mol. The van der Waals surface area contributed by atoms with Crippen LogP contribution in [-0.4, -0.2) is 18.8 Å². The maximum Gasteiger partial charge on any atom is 0.137 e. The van der Waals surface area contributed by atoms with Crippen molar-refractivity contribution in [2.45, 2.75) is 19.8 Å². The molecule has 1 rings (SSSR count). The van der Waals surface area contributed by atoms with Crippen molar-refractivity contribution in [3.05, 3.63) is 27.5 Å². The SMILES string of the molecule is COc1c(Br)cc(F)c(C)c1C(C)CO. The zero-order chi connectivity index (χ0) is 11.6. The van der Waals surface area contributed by atoms with Crippen LogP contribution < -0.4 is 4.74 Å². The topological polar surface area (TPSA) is 29.5 Å². The summed E-state index contributed by atoms with van der Waals surface area (Å²) >= 11 is 3.24. The van der Waals surface area contributed by atoms with E-state index in [1.807, 2.05) is 6.92 Å². The summed E-state index contributed by atoms with van der Waals surface area (Å²) in [6.07, 6.45) is 0. The lowest BCUT2D eigenvalue weighted by molar-refractivity contribution is 0.269. The molecule has 0 aliphatic rings. The molecule has 0 aliphatic heterocycles. The van der Waals surface area contributed by atoms with Crippen LogP contribution >= 0.6 is 15.9 Å². The molecule has 0 heterocycles. The Hall–Kier alpha value is -0.610. The summed E-state index contributed by atoms with van der Waals surface area (Å²) in [7, 11) is 1.53. The van der Waals surface area contributed by atoms with Crippen LogP contribution in [0, 0.1) is 12.7 Å². The number of aliphatic hydroxyl groups excluding tert-OH is 1. The molecular weight excluding hydrogens is 263 g/mol. The largest absolute Gasteiger partial charge is 0.495 e. The molecule has 0 bridgehead atoms. The molecule has 0 saturated heterocycles. The lowest BCUT2D eigenvalue weighted by atomic mass is 9.95. The Bertz CT molecular complexity index is 366. The number of benzene rings is 1. The Balaban J connectivity index is 3.43. The van der Waals surface area contributed by atoms with Gasteiger partial charge in [-0.1, -0.05) is 6.92 Å². The van der Waals surface area contributed by atoms with Gasteiger partial charge in [-0.25, -0.2) is 4.39 Å². The monoisotopic (exact) mass is 276 g/mol. The Labute approximate surface area is 97.2 Å². The highest BCUT2D eigenvalue weighted by molar-refractivity contribution is 9.10. The first kappa shape index (κ1) is 12.5. The average molecular weight is 277 g/mol. The average Bonchev–Trinajstić information content (AvgIpc) is 2.21. The fourth-order valence-electron chi connectivity index (χ4n) is 1.60. The van der Waals surface area contributed by atoms with E-state index in [1.54, 1.807) is 6.92 Å². The van der Waals surface area contributed by atoms with Gasteiger partial charge in [0.2, 0.25) is 0 Å². The molecule has 1 unspecified atom stereocenters. The highest BCUT2D eigenvalue weighted by atomic mass is 79.9. The quantitative estimate of drug-likeness (QED) is 0.920. The molecule has 1 atom stereocenters. The van der Waals surface area contributed by atoms with Gasteiger partial charge >= 0.3 is 0 Å². The van der Waals surface area contributed by atoms with Crippen LogP contribution in [0.3, 0.4) is 0 Å². The summed E-state index contributed by atoms with van der Waals surface area (Å²) in [5.41, 5.74) is 1.24. The number of hydrogen-bond acceptors (Lipinski definition) is 2. The van der Waals surface area contributed by atoms with Crippen molar-refractivity contribution >= 4 is 15.9 Å². The first-order valence-electron chi connectivity index (χ1n) is 4.66. The standard InChI is InChI=1S/C11H14BrFO2/c1-6(5-14)10-7(2)9(13)4-8(12)11(10)15-3/h4,6,14H,5H2,1-3H3. The summed E-state index contributed by atoms with van der Waals surface area (Å²) in [5.74, 6) is 0.153. The third-order valence-electron chi connectivity index (χ3n) is 2.45. The van der Waals surface area contributed by atoms with Gasteiger partial charge in [-0.15, -0.1) is 0 Å². The lowest BCUT2D eigenvalue weighted by Gasteiger charge is -2.18. The van der Waals surface area contributed by atoms with Crippen molar-refractivity contribution in [2.24, 2.45) is 0 Å². The normalized spacial score (nSPS) is 12.7. The van der Waals surface area contributed by atoms with Crippen LogP contribution in [0.1, 0.15) is 24.0 Å². The third-order valence-corrected chi connectivity index (χ3v) is 3.04. The van der Waals surface area contributed by atoms with Crippen molar-refractivity contribution in [2.75, 3.05) is 13.7 Å². The first-order chi connectivity index (χ1) is 7.02. The second-order valence-corrected chi connectivity index (χ2v) is 4.35. The van der Waals surface area contributed by atoms with Crippen LogP contribution in [-0.2, 0) is 0 Å². The van der Waals surface area contributed by atoms with E-state index in [2.05, 4.69) is 15.9 Å². The van der Waals surface area contributed by atoms with Crippen molar-refractivity contribution in [3.63, 3.8) is 0 Å². The lowest BCUT2D eigenvalue weighted by Crippen LogP contribution is -2.06. The maximum absolute atomic E-state index is 13.5. The van der Waals surface area contributed by atoms with Crippen molar-refractivity contribution in [3.8, 4) is 5.75 Å². The highest BCUT2D eigenvalue weighted by Gasteiger charge is 2.19. The van der Waals surface area contributed by atoms with Crippen LogP contribution in [0.15, 0.2) is 10.5 Å². The molecule has 15 heavy (non-hydrogen) atoms. The third kappa shape index (κ3) is 2.32. The molecule has 0 fully saturated rings. The van der Waals surface area contributed by atoms with Gasteiger partial charge < -0.3 is 9.84 Å². The molecule has 1 aromatic carbocycles. The summed E-state index contributed by atoms with van der Waals surface area (Å²) < 4.78 is 19.3. The van der Waals surface area contributed by atoms with Gasteiger partial charge in [-0.3, -0.25) is 0 Å². The van der Waals surface area contributed by atoms with E-state index in [1.165, 1.54) is 13.2 Å². The number of methoxy groups -OCH3 is 1. The number of halogens is 2. The summed E-state index contributed by atoms with van der Waals surface area (Å²) in [6.45, 7) is 3.48. The van der Waals surface area contributed by atoms with E-state index in [0.717, 1.165) is 0 Å². The molecule has 0 aliphatic carbocycles. The minimum absolute atomic E-state index is 0.0346. The van der Waals surface area contributed by atoms with Crippen LogP contribution in [0.2, 0.25) is 0 Å². The minimum atomic E-state index is -0.294. The van der Waals surface area contributed by atoms with Gasteiger partial charge in [0.1, 0.15) is 11.6 Å². The van der Waals surface area contributed by atoms with Crippen molar-refractivity contribution in [1.29, 1.82) is 0 Å². The van der Waals surface area contributed by atoms with Crippen LogP contribution in [0.25, 0.3) is 0 Å².